The molecule has 1 atom stereocenters. The monoisotopic (exact) mass is 426 g/mol. The summed E-state index contributed by atoms with van der Waals surface area (Å²) in [5.41, 5.74) is 9.33. The van der Waals surface area contributed by atoms with Crippen molar-refractivity contribution in [1.29, 1.82) is 10.8 Å². The number of nitrogen functional groups attached to an aromatic ring is 1. The number of pyridine rings is 1. The van der Waals surface area contributed by atoms with Crippen LogP contribution < -0.4 is 15.8 Å². The zero-order valence-electron chi connectivity index (χ0n) is 16.7. The molecular weight excluding hydrogens is 403 g/mol. The number of fused-ring (bicyclic) bond motifs is 3. The fraction of sp³-hybridized carbons (Fsp3) is 0.238. The Labute approximate surface area is 179 Å². The molecular formula is C21H23FN6OS. The van der Waals surface area contributed by atoms with Gasteiger partial charge in [-0.25, -0.2) is 13.8 Å². The molecule has 0 unspecified atom stereocenters. The predicted molar refractivity (Wildman–Crippen MR) is 121 cm³/mol. The van der Waals surface area contributed by atoms with E-state index in [9.17, 15) is 4.39 Å². The quantitative estimate of drug-likeness (QED) is 0.377. The van der Waals surface area contributed by atoms with Crippen LogP contribution in [0.25, 0.3) is 5.70 Å². The molecule has 3 rings (SSSR count). The summed E-state index contributed by atoms with van der Waals surface area (Å²) in [6, 6.07) is 5.88. The van der Waals surface area contributed by atoms with Crippen molar-refractivity contribution in [3.8, 4) is 5.75 Å². The number of halogens is 1. The first-order chi connectivity index (χ1) is 14.4. The summed E-state index contributed by atoms with van der Waals surface area (Å²) < 4.78 is 24.1. The van der Waals surface area contributed by atoms with E-state index in [1.807, 2.05) is 6.92 Å². The highest BCUT2D eigenvalue weighted by molar-refractivity contribution is 7.79. The largest absolute Gasteiger partial charge is 0.482 e. The Balaban J connectivity index is 2.30. The van der Waals surface area contributed by atoms with Crippen LogP contribution in [0.5, 0.6) is 5.75 Å². The summed E-state index contributed by atoms with van der Waals surface area (Å²) in [5.74, 6) is 0.0912. The summed E-state index contributed by atoms with van der Waals surface area (Å²) in [6.07, 6.45) is 2.38. The van der Waals surface area contributed by atoms with Crippen molar-refractivity contribution in [2.24, 2.45) is 4.40 Å². The highest BCUT2D eigenvalue weighted by atomic mass is 32.1. The lowest BCUT2D eigenvalue weighted by molar-refractivity contribution is 0.227. The number of benzene rings is 1. The third-order valence-electron chi connectivity index (χ3n) is 4.81. The van der Waals surface area contributed by atoms with Gasteiger partial charge in [0.05, 0.1) is 11.4 Å². The molecule has 156 valence electrons. The molecule has 5 N–H and O–H groups in total. The molecule has 2 bridgehead atoms. The fourth-order valence-electron chi connectivity index (χ4n) is 3.34. The normalized spacial score (nSPS) is 20.6. The Bertz CT molecular complexity index is 1070. The zero-order chi connectivity index (χ0) is 21.8. The van der Waals surface area contributed by atoms with Crippen LogP contribution in [-0.2, 0) is 0 Å². The maximum Gasteiger partial charge on any atom is 0.166 e. The molecule has 1 aliphatic heterocycles. The van der Waals surface area contributed by atoms with Gasteiger partial charge in [0.25, 0.3) is 0 Å². The number of hydrogen-bond donors (Lipinski definition) is 5. The first kappa shape index (κ1) is 21.5. The number of nitrogens with zero attached hydrogens (tertiary/aromatic N) is 2. The molecule has 0 amide bonds. The minimum Gasteiger partial charge on any atom is -0.482 e. The second-order valence-electron chi connectivity index (χ2n) is 6.77. The van der Waals surface area contributed by atoms with Gasteiger partial charge in [-0.3, -0.25) is 5.41 Å². The van der Waals surface area contributed by atoms with E-state index >= 15 is 0 Å². The molecule has 0 saturated carbocycles. The van der Waals surface area contributed by atoms with Crippen LogP contribution >= 0.6 is 12.8 Å². The van der Waals surface area contributed by atoms with Crippen molar-refractivity contribution in [1.82, 2.24) is 10.3 Å². The molecule has 2 aromatic rings. The zero-order valence-corrected chi connectivity index (χ0v) is 17.6. The first-order valence-corrected chi connectivity index (χ1v) is 9.79. The summed E-state index contributed by atoms with van der Waals surface area (Å²) in [7, 11) is 0. The molecule has 1 aliphatic rings. The molecule has 0 spiro atoms. The van der Waals surface area contributed by atoms with E-state index < -0.39 is 11.9 Å². The minimum atomic E-state index is -0.607. The molecule has 0 aliphatic carbocycles. The molecule has 7 nitrogen and oxygen atoms in total. The number of aromatic nitrogens is 1. The fourth-order valence-corrected chi connectivity index (χ4v) is 3.51. The molecule has 0 fully saturated rings. The molecule has 1 aromatic heterocycles. The number of rotatable bonds is 3. The summed E-state index contributed by atoms with van der Waals surface area (Å²) >= 11 is 4.05. The van der Waals surface area contributed by atoms with Gasteiger partial charge in [0.1, 0.15) is 11.9 Å². The maximum atomic E-state index is 14.0. The van der Waals surface area contributed by atoms with E-state index in [0.29, 0.717) is 46.0 Å². The van der Waals surface area contributed by atoms with Gasteiger partial charge in [0, 0.05) is 47.8 Å². The van der Waals surface area contributed by atoms with E-state index in [1.165, 1.54) is 24.4 Å². The van der Waals surface area contributed by atoms with Crippen molar-refractivity contribution in [2.75, 3.05) is 12.3 Å². The Morgan fingerprint density at radius 1 is 1.43 bits per heavy atom. The van der Waals surface area contributed by atoms with Gasteiger partial charge < -0.3 is 21.2 Å². The molecule has 2 heterocycles. The van der Waals surface area contributed by atoms with E-state index in [2.05, 4.69) is 27.5 Å². The van der Waals surface area contributed by atoms with Crippen LogP contribution in [0.1, 0.15) is 43.1 Å². The van der Waals surface area contributed by atoms with Gasteiger partial charge in [-0.1, -0.05) is 0 Å². The summed E-state index contributed by atoms with van der Waals surface area (Å²) in [5, 5.41) is 19.9. The number of nitrogens with one attached hydrogen (secondary N) is 3. The van der Waals surface area contributed by atoms with Crippen LogP contribution in [0, 0.1) is 16.6 Å². The standard InChI is InChI=1S/C21H23FN6OS/c1-3-26-20-12(9-23)6-17(28-30)19(24)15-5-4-14(22)8-16(15)11(2)29-18-7-13(20)10-27-21(18)25/h4-5,7-11,23-24,26,30H,3,6H2,1-2H3,(H2,25,27)/b20-12-,23-9?,24-19?,28-17-/t11-/m1/s1. The Morgan fingerprint density at radius 2 is 2.20 bits per heavy atom. The van der Waals surface area contributed by atoms with E-state index in [-0.39, 0.29) is 18.0 Å². The third-order valence-corrected chi connectivity index (χ3v) is 5.05. The number of ether oxygens (including phenoxy) is 1. The number of thiol groups is 1. The summed E-state index contributed by atoms with van der Waals surface area (Å²) in [6.45, 7) is 4.30. The van der Waals surface area contributed by atoms with Crippen molar-refractivity contribution in [2.45, 2.75) is 26.4 Å². The predicted octanol–water partition coefficient (Wildman–Crippen LogP) is 3.97. The van der Waals surface area contributed by atoms with E-state index in [4.69, 9.17) is 21.3 Å². The second-order valence-corrected chi connectivity index (χ2v) is 6.97. The number of anilines is 1. The van der Waals surface area contributed by atoms with Gasteiger partial charge in [0.15, 0.2) is 11.6 Å². The van der Waals surface area contributed by atoms with E-state index in [1.54, 1.807) is 19.2 Å². The second kappa shape index (κ2) is 9.08. The Hall–Kier alpha value is -3.20. The van der Waals surface area contributed by atoms with Crippen molar-refractivity contribution in [3.05, 3.63) is 58.5 Å². The van der Waals surface area contributed by atoms with Crippen LogP contribution in [0.15, 0.2) is 40.4 Å². The van der Waals surface area contributed by atoms with Crippen LogP contribution in [0.3, 0.4) is 0 Å². The third kappa shape index (κ3) is 4.20. The highest BCUT2D eigenvalue weighted by Crippen LogP contribution is 2.32. The molecule has 9 heteroatoms. The van der Waals surface area contributed by atoms with Gasteiger partial charge in [0.2, 0.25) is 0 Å². The lowest BCUT2D eigenvalue weighted by Crippen LogP contribution is -2.22. The van der Waals surface area contributed by atoms with Crippen molar-refractivity contribution < 1.29 is 9.13 Å². The number of allylic oxidation sites excluding steroid dienone is 1. The molecule has 0 radical (unpaired) electrons. The average Bonchev–Trinajstić information content (AvgIpc) is 2.74. The minimum absolute atomic E-state index is 0.0842. The van der Waals surface area contributed by atoms with E-state index in [0.717, 1.165) is 0 Å². The topological polar surface area (TPSA) is 120 Å². The van der Waals surface area contributed by atoms with Crippen molar-refractivity contribution in [3.63, 3.8) is 0 Å². The number of nitrogens with two attached hydrogens (primary N) is 1. The van der Waals surface area contributed by atoms with Crippen LogP contribution in [0.2, 0.25) is 0 Å². The lowest BCUT2D eigenvalue weighted by atomic mass is 9.92. The van der Waals surface area contributed by atoms with Crippen LogP contribution in [-0.4, -0.2) is 29.2 Å². The first-order valence-electron chi connectivity index (χ1n) is 9.39. The molecule has 0 saturated heterocycles. The molecule has 1 aromatic carbocycles. The lowest BCUT2D eigenvalue weighted by Gasteiger charge is -2.23. The average molecular weight is 427 g/mol. The van der Waals surface area contributed by atoms with Crippen LogP contribution in [0.4, 0.5) is 10.2 Å². The van der Waals surface area contributed by atoms with Gasteiger partial charge in [-0.15, -0.1) is 0 Å². The summed E-state index contributed by atoms with van der Waals surface area (Å²) in [4.78, 5) is 4.23. The SMILES string of the molecule is CCN/C1=C(\C=N)C/C(=N/S)C(=N)c2ccc(F)cc2[C@@H](C)Oc2cc1cnc2N. The number of hydrogen-bond acceptors (Lipinski definition) is 8. The van der Waals surface area contributed by atoms with Gasteiger partial charge in [-0.2, -0.15) is 0 Å². The van der Waals surface area contributed by atoms with Crippen molar-refractivity contribution >= 4 is 42.0 Å². The maximum absolute atomic E-state index is 14.0. The molecule has 30 heavy (non-hydrogen) atoms. The Morgan fingerprint density at radius 3 is 2.87 bits per heavy atom. The van der Waals surface area contributed by atoms with Gasteiger partial charge in [-0.05, 0) is 56.5 Å². The Kier molecular flexibility index (Phi) is 6.51. The smallest absolute Gasteiger partial charge is 0.166 e. The highest BCUT2D eigenvalue weighted by Gasteiger charge is 2.23. The van der Waals surface area contributed by atoms with Gasteiger partial charge >= 0.3 is 0 Å².